The Labute approximate surface area is 110 Å². The van der Waals surface area contributed by atoms with E-state index in [0.29, 0.717) is 5.13 Å². The van der Waals surface area contributed by atoms with Crippen LogP contribution in [0.3, 0.4) is 0 Å². The third-order valence-electron chi connectivity index (χ3n) is 2.36. The number of thiazole rings is 1. The van der Waals surface area contributed by atoms with Crippen molar-refractivity contribution in [2.75, 3.05) is 5.73 Å². The van der Waals surface area contributed by atoms with Crippen molar-refractivity contribution < 1.29 is 17.0 Å². The summed E-state index contributed by atoms with van der Waals surface area (Å²) in [6.45, 7) is 4.21. The Balaban J connectivity index is 0.00000128. The molecule has 0 radical (unpaired) electrons. The highest BCUT2D eigenvalue weighted by molar-refractivity contribution is 7.15. The number of halogens is 1. The largest absolute Gasteiger partial charge is 1.00 e. The van der Waals surface area contributed by atoms with Crippen LogP contribution in [0, 0.1) is 6.92 Å². The molecule has 2 aromatic rings. The van der Waals surface area contributed by atoms with Crippen molar-refractivity contribution in [1.29, 1.82) is 0 Å². The molecule has 86 valence electrons. The summed E-state index contributed by atoms with van der Waals surface area (Å²) in [6, 6.07) is 8.40. The van der Waals surface area contributed by atoms with Crippen molar-refractivity contribution in [2.45, 2.75) is 20.3 Å². The van der Waals surface area contributed by atoms with Gasteiger partial charge in [-0.15, -0.1) is 11.3 Å². The van der Waals surface area contributed by atoms with Crippen LogP contribution in [0.4, 0.5) is 5.13 Å². The number of rotatable bonds is 2. The zero-order valence-electron chi connectivity index (χ0n) is 9.33. The fraction of sp³-hybridized carbons (Fsp3) is 0.250. The first kappa shape index (κ1) is 13.2. The van der Waals surface area contributed by atoms with Gasteiger partial charge in [0.1, 0.15) is 0 Å². The summed E-state index contributed by atoms with van der Waals surface area (Å²) >= 11 is 1.58. The highest BCUT2D eigenvalue weighted by atomic mass is 79.9. The lowest BCUT2D eigenvalue weighted by Gasteiger charge is -2.00. The van der Waals surface area contributed by atoms with Crippen molar-refractivity contribution >= 4 is 16.5 Å². The average molecular weight is 298 g/mol. The molecule has 2 nitrogen and oxygen atoms in total. The van der Waals surface area contributed by atoms with Gasteiger partial charge in [-0.3, -0.25) is 0 Å². The minimum atomic E-state index is 0. The molecule has 0 unspecified atom stereocenters. The topological polar surface area (TPSA) is 38.9 Å². The molecule has 4 heteroatoms. The van der Waals surface area contributed by atoms with E-state index in [2.05, 4.69) is 43.1 Å². The van der Waals surface area contributed by atoms with Crippen LogP contribution >= 0.6 is 11.3 Å². The van der Waals surface area contributed by atoms with Crippen molar-refractivity contribution in [2.24, 2.45) is 0 Å². The second-order valence-electron chi connectivity index (χ2n) is 3.54. The summed E-state index contributed by atoms with van der Waals surface area (Å²) in [5.41, 5.74) is 9.19. The van der Waals surface area contributed by atoms with Crippen LogP contribution in [0.5, 0.6) is 0 Å². The number of nitrogen functional groups attached to an aromatic ring is 1. The molecule has 0 amide bonds. The Morgan fingerprint density at radius 3 is 2.44 bits per heavy atom. The predicted octanol–water partition coefficient (Wildman–Crippen LogP) is 0.267. The molecule has 1 aromatic heterocycles. The third-order valence-corrected chi connectivity index (χ3v) is 3.39. The van der Waals surface area contributed by atoms with Gasteiger partial charge in [0.2, 0.25) is 0 Å². The van der Waals surface area contributed by atoms with Crippen molar-refractivity contribution in [1.82, 2.24) is 4.98 Å². The van der Waals surface area contributed by atoms with Gasteiger partial charge >= 0.3 is 0 Å². The first-order valence-corrected chi connectivity index (χ1v) is 5.84. The predicted molar refractivity (Wildman–Crippen MR) is 66.1 cm³/mol. The van der Waals surface area contributed by atoms with Gasteiger partial charge in [-0.2, -0.15) is 0 Å². The average Bonchev–Trinajstić information content (AvgIpc) is 2.61. The highest BCUT2D eigenvalue weighted by Gasteiger charge is 2.09. The molecular formula is C12H14BrN2S-. The lowest BCUT2D eigenvalue weighted by molar-refractivity contribution is -0.00000316. The summed E-state index contributed by atoms with van der Waals surface area (Å²) in [5.74, 6) is 0. The summed E-state index contributed by atoms with van der Waals surface area (Å²) in [5, 5.41) is 0.655. The molecule has 16 heavy (non-hydrogen) atoms. The Morgan fingerprint density at radius 2 is 1.88 bits per heavy atom. The number of hydrogen-bond donors (Lipinski definition) is 1. The van der Waals surface area contributed by atoms with E-state index in [1.807, 2.05) is 0 Å². The fourth-order valence-electron chi connectivity index (χ4n) is 1.55. The van der Waals surface area contributed by atoms with Gasteiger partial charge in [-0.05, 0) is 13.3 Å². The Kier molecular flexibility index (Phi) is 4.50. The molecule has 0 atom stereocenters. The Hall–Kier alpha value is -0.870. The monoisotopic (exact) mass is 297 g/mol. The van der Waals surface area contributed by atoms with Crippen LogP contribution in [0.15, 0.2) is 24.3 Å². The van der Waals surface area contributed by atoms with E-state index < -0.39 is 0 Å². The number of nitrogens with two attached hydrogens (primary N) is 1. The van der Waals surface area contributed by atoms with Crippen LogP contribution in [-0.4, -0.2) is 4.98 Å². The number of nitrogens with zero attached hydrogens (tertiary/aromatic N) is 1. The first-order valence-electron chi connectivity index (χ1n) is 5.03. The standard InChI is InChI=1S/C12H14N2S.BrH/c1-3-10-11(14-12(13)15-10)9-6-4-8(2)5-7-9;/h4-7H,3H2,1-2H3,(H2,13,14);1H/p-1. The zero-order chi connectivity index (χ0) is 10.8. The number of anilines is 1. The smallest absolute Gasteiger partial charge is 0.180 e. The van der Waals surface area contributed by atoms with E-state index in [4.69, 9.17) is 5.73 Å². The van der Waals surface area contributed by atoms with Crippen molar-refractivity contribution in [3.05, 3.63) is 34.7 Å². The minimum Gasteiger partial charge on any atom is -1.00 e. The SMILES string of the molecule is CCc1sc(N)nc1-c1ccc(C)cc1.[Br-]. The van der Waals surface area contributed by atoms with Gasteiger partial charge in [0.15, 0.2) is 5.13 Å². The van der Waals surface area contributed by atoms with Gasteiger partial charge in [-0.1, -0.05) is 36.8 Å². The number of hydrogen-bond acceptors (Lipinski definition) is 3. The third kappa shape index (κ3) is 2.62. The van der Waals surface area contributed by atoms with E-state index >= 15 is 0 Å². The molecule has 0 saturated heterocycles. The summed E-state index contributed by atoms with van der Waals surface area (Å²) in [6.07, 6.45) is 0.984. The normalized spacial score (nSPS) is 9.88. The Morgan fingerprint density at radius 1 is 1.25 bits per heavy atom. The first-order chi connectivity index (χ1) is 7.20. The maximum atomic E-state index is 5.73. The summed E-state index contributed by atoms with van der Waals surface area (Å²) in [4.78, 5) is 5.64. The van der Waals surface area contributed by atoms with E-state index in [1.165, 1.54) is 10.4 Å². The maximum Gasteiger partial charge on any atom is 0.180 e. The molecule has 0 aliphatic heterocycles. The van der Waals surface area contributed by atoms with Crippen molar-refractivity contribution in [3.8, 4) is 11.3 Å². The van der Waals surface area contributed by atoms with E-state index in [1.54, 1.807) is 11.3 Å². The molecular weight excluding hydrogens is 284 g/mol. The van der Waals surface area contributed by atoms with E-state index in [-0.39, 0.29) is 17.0 Å². The number of aryl methyl sites for hydroxylation is 2. The molecule has 0 saturated carbocycles. The van der Waals surface area contributed by atoms with Gasteiger partial charge in [0.25, 0.3) is 0 Å². The van der Waals surface area contributed by atoms with Gasteiger partial charge in [0, 0.05) is 10.4 Å². The van der Waals surface area contributed by atoms with Crippen LogP contribution < -0.4 is 22.7 Å². The quantitative estimate of drug-likeness (QED) is 0.864. The maximum absolute atomic E-state index is 5.73. The lowest BCUT2D eigenvalue weighted by Crippen LogP contribution is -3.00. The summed E-state index contributed by atoms with van der Waals surface area (Å²) in [7, 11) is 0. The molecule has 0 aliphatic carbocycles. The summed E-state index contributed by atoms with van der Waals surface area (Å²) < 4.78 is 0. The molecule has 0 spiro atoms. The van der Waals surface area contributed by atoms with Crippen molar-refractivity contribution in [3.63, 3.8) is 0 Å². The zero-order valence-corrected chi connectivity index (χ0v) is 11.7. The van der Waals surface area contributed by atoms with Gasteiger partial charge in [-0.25, -0.2) is 4.98 Å². The van der Waals surface area contributed by atoms with Crippen LogP contribution in [0.2, 0.25) is 0 Å². The molecule has 0 aliphatic rings. The molecule has 2 rings (SSSR count). The highest BCUT2D eigenvalue weighted by Crippen LogP contribution is 2.29. The van der Waals surface area contributed by atoms with Crippen LogP contribution in [-0.2, 0) is 6.42 Å². The van der Waals surface area contributed by atoms with Crippen LogP contribution in [0.25, 0.3) is 11.3 Å². The number of aromatic nitrogens is 1. The molecule has 1 aromatic carbocycles. The second kappa shape index (κ2) is 5.46. The van der Waals surface area contributed by atoms with Gasteiger partial charge < -0.3 is 22.7 Å². The Bertz CT molecular complexity index is 462. The fourth-order valence-corrected chi connectivity index (χ4v) is 2.34. The molecule has 0 fully saturated rings. The van der Waals surface area contributed by atoms with Gasteiger partial charge in [0.05, 0.1) is 5.69 Å². The minimum absolute atomic E-state index is 0. The molecule has 2 N–H and O–H groups in total. The van der Waals surface area contributed by atoms with E-state index in [0.717, 1.165) is 17.7 Å². The second-order valence-corrected chi connectivity index (χ2v) is 4.66. The molecule has 1 heterocycles. The number of benzene rings is 1. The molecule has 0 bridgehead atoms. The lowest BCUT2D eigenvalue weighted by atomic mass is 10.1. The van der Waals surface area contributed by atoms with E-state index in [9.17, 15) is 0 Å². The van der Waals surface area contributed by atoms with Crippen LogP contribution in [0.1, 0.15) is 17.4 Å².